The van der Waals surface area contributed by atoms with Gasteiger partial charge in [-0.2, -0.15) is 16.9 Å². The van der Waals surface area contributed by atoms with Crippen molar-refractivity contribution in [1.82, 2.24) is 9.78 Å². The molecular weight excluding hydrogens is 330 g/mol. The number of aromatic nitrogens is 2. The first kappa shape index (κ1) is 16.0. The predicted molar refractivity (Wildman–Crippen MR) is 102 cm³/mol. The fourth-order valence-electron chi connectivity index (χ4n) is 2.99. The summed E-state index contributed by atoms with van der Waals surface area (Å²) in [5, 5.41) is 7.82. The summed E-state index contributed by atoms with van der Waals surface area (Å²) < 4.78 is 1.87. The molecule has 5 heteroatoms. The van der Waals surface area contributed by atoms with Crippen molar-refractivity contribution in [3.63, 3.8) is 0 Å². The van der Waals surface area contributed by atoms with Crippen LogP contribution in [0.1, 0.15) is 23.2 Å². The third-order valence-electron chi connectivity index (χ3n) is 4.29. The van der Waals surface area contributed by atoms with E-state index in [-0.39, 0.29) is 5.91 Å². The van der Waals surface area contributed by atoms with Crippen LogP contribution in [0.2, 0.25) is 0 Å². The summed E-state index contributed by atoms with van der Waals surface area (Å²) in [6.07, 6.45) is 1.20. The summed E-state index contributed by atoms with van der Waals surface area (Å²) in [6.45, 7) is 0. The summed E-state index contributed by atoms with van der Waals surface area (Å²) in [5.41, 5.74) is 4.38. The molecular formula is C20H19N3OS. The molecule has 1 aliphatic rings. The Morgan fingerprint density at radius 2 is 1.76 bits per heavy atom. The Bertz CT molecular complexity index is 875. The smallest absolute Gasteiger partial charge is 0.225 e. The van der Waals surface area contributed by atoms with Crippen molar-refractivity contribution in [2.24, 2.45) is 0 Å². The molecule has 2 heterocycles. The maximum Gasteiger partial charge on any atom is 0.225 e. The highest BCUT2D eigenvalue weighted by atomic mass is 32.2. The van der Waals surface area contributed by atoms with Gasteiger partial charge < -0.3 is 5.32 Å². The fourth-order valence-corrected chi connectivity index (χ4v) is 4.03. The number of benzene rings is 2. The lowest BCUT2D eigenvalue weighted by molar-refractivity contribution is -0.116. The minimum atomic E-state index is 0.0284. The second-order valence-corrected chi connectivity index (χ2v) is 7.03. The summed E-state index contributed by atoms with van der Waals surface area (Å²) in [7, 11) is 0. The van der Waals surface area contributed by atoms with Crippen LogP contribution in [0, 0.1) is 0 Å². The molecule has 1 N–H and O–H groups in total. The van der Waals surface area contributed by atoms with Gasteiger partial charge in [-0.05, 0) is 24.1 Å². The summed E-state index contributed by atoms with van der Waals surface area (Å²) >= 11 is 1.84. The molecule has 25 heavy (non-hydrogen) atoms. The minimum Gasteiger partial charge on any atom is -0.310 e. The van der Waals surface area contributed by atoms with Gasteiger partial charge in [0, 0.05) is 23.5 Å². The fraction of sp³-hybridized carbons (Fsp3) is 0.200. The van der Waals surface area contributed by atoms with Crippen molar-refractivity contribution in [3.8, 4) is 5.69 Å². The summed E-state index contributed by atoms with van der Waals surface area (Å²) in [4.78, 5) is 12.5. The van der Waals surface area contributed by atoms with E-state index < -0.39 is 0 Å². The highest BCUT2D eigenvalue weighted by Crippen LogP contribution is 2.36. The molecule has 1 amide bonds. The Balaban J connectivity index is 1.54. The minimum absolute atomic E-state index is 0.0284. The Labute approximate surface area is 151 Å². The molecule has 1 aliphatic heterocycles. The molecule has 0 spiro atoms. The van der Waals surface area contributed by atoms with Crippen molar-refractivity contribution in [2.45, 2.75) is 24.3 Å². The average Bonchev–Trinajstić information content (AvgIpc) is 3.24. The van der Waals surface area contributed by atoms with E-state index in [1.807, 2.05) is 65.0 Å². The predicted octanol–water partition coefficient (Wildman–Crippen LogP) is 4.19. The van der Waals surface area contributed by atoms with Gasteiger partial charge in [0.1, 0.15) is 5.82 Å². The second-order valence-electron chi connectivity index (χ2n) is 6.05. The molecule has 126 valence electrons. The zero-order valence-electron chi connectivity index (χ0n) is 13.8. The van der Waals surface area contributed by atoms with Crippen LogP contribution in [0.25, 0.3) is 5.69 Å². The molecule has 3 aromatic rings. The van der Waals surface area contributed by atoms with Gasteiger partial charge in [-0.3, -0.25) is 4.79 Å². The Kier molecular flexibility index (Phi) is 4.57. The van der Waals surface area contributed by atoms with E-state index in [0.29, 0.717) is 6.42 Å². The number of thioether (sulfide) groups is 1. The van der Waals surface area contributed by atoms with Gasteiger partial charge in [-0.25, -0.2) is 4.68 Å². The number of fused-ring (bicyclic) bond motifs is 1. The van der Waals surface area contributed by atoms with E-state index in [1.54, 1.807) is 0 Å². The van der Waals surface area contributed by atoms with Crippen LogP contribution in [0.4, 0.5) is 5.82 Å². The number of hydrogen-bond acceptors (Lipinski definition) is 3. The quantitative estimate of drug-likeness (QED) is 0.751. The molecule has 4 nitrogen and oxygen atoms in total. The van der Waals surface area contributed by atoms with E-state index in [2.05, 4.69) is 17.4 Å². The van der Waals surface area contributed by atoms with Gasteiger partial charge in [0.05, 0.1) is 11.4 Å². The molecule has 4 rings (SSSR count). The van der Waals surface area contributed by atoms with Crippen LogP contribution < -0.4 is 5.32 Å². The Hall–Kier alpha value is -2.53. The van der Waals surface area contributed by atoms with Crippen LogP contribution in [-0.4, -0.2) is 15.7 Å². The lowest BCUT2D eigenvalue weighted by Gasteiger charge is -2.11. The summed E-state index contributed by atoms with van der Waals surface area (Å²) in [5.74, 6) is 2.66. The Morgan fingerprint density at radius 3 is 2.52 bits per heavy atom. The molecule has 0 unspecified atom stereocenters. The van der Waals surface area contributed by atoms with Gasteiger partial charge in [-0.1, -0.05) is 48.5 Å². The summed E-state index contributed by atoms with van der Waals surface area (Å²) in [6, 6.07) is 20.1. The monoisotopic (exact) mass is 349 g/mol. The largest absolute Gasteiger partial charge is 0.310 e. The number of hydrogen-bond donors (Lipinski definition) is 1. The van der Waals surface area contributed by atoms with Crippen molar-refractivity contribution in [3.05, 3.63) is 77.5 Å². The third-order valence-corrected chi connectivity index (χ3v) is 5.26. The van der Waals surface area contributed by atoms with E-state index in [0.717, 1.165) is 40.7 Å². The average molecular weight is 349 g/mol. The lowest BCUT2D eigenvalue weighted by atomic mass is 10.1. The van der Waals surface area contributed by atoms with Crippen molar-refractivity contribution >= 4 is 23.5 Å². The van der Waals surface area contributed by atoms with E-state index in [1.165, 1.54) is 5.56 Å². The first-order chi connectivity index (χ1) is 12.3. The molecule has 0 aliphatic carbocycles. The van der Waals surface area contributed by atoms with E-state index >= 15 is 0 Å². The number of rotatable bonds is 5. The lowest BCUT2D eigenvalue weighted by Crippen LogP contribution is -2.16. The van der Waals surface area contributed by atoms with Gasteiger partial charge in [-0.15, -0.1) is 0 Å². The number of nitrogens with one attached hydrogen (secondary N) is 1. The topological polar surface area (TPSA) is 46.9 Å². The van der Waals surface area contributed by atoms with Gasteiger partial charge >= 0.3 is 0 Å². The normalized spacial score (nSPS) is 12.8. The van der Waals surface area contributed by atoms with Crippen molar-refractivity contribution in [2.75, 3.05) is 5.32 Å². The molecule has 1 aromatic heterocycles. The molecule has 0 saturated heterocycles. The molecule has 2 aromatic carbocycles. The number of amides is 1. The molecule has 0 bridgehead atoms. The van der Waals surface area contributed by atoms with Crippen LogP contribution in [0.3, 0.4) is 0 Å². The van der Waals surface area contributed by atoms with Crippen LogP contribution in [-0.2, 0) is 22.7 Å². The zero-order chi connectivity index (χ0) is 17.1. The maximum absolute atomic E-state index is 12.5. The first-order valence-electron chi connectivity index (χ1n) is 8.39. The van der Waals surface area contributed by atoms with Crippen molar-refractivity contribution < 1.29 is 4.79 Å². The van der Waals surface area contributed by atoms with Gasteiger partial charge in [0.25, 0.3) is 0 Å². The Morgan fingerprint density at radius 1 is 1.04 bits per heavy atom. The highest BCUT2D eigenvalue weighted by Gasteiger charge is 2.24. The third kappa shape index (κ3) is 3.46. The van der Waals surface area contributed by atoms with Crippen molar-refractivity contribution in [1.29, 1.82) is 0 Å². The zero-order valence-corrected chi connectivity index (χ0v) is 14.6. The number of carbonyl (C=O) groups excluding carboxylic acids is 1. The van der Waals surface area contributed by atoms with Crippen LogP contribution >= 0.6 is 11.8 Å². The van der Waals surface area contributed by atoms with Gasteiger partial charge in [0.2, 0.25) is 5.91 Å². The van der Waals surface area contributed by atoms with Crippen LogP contribution in [0.5, 0.6) is 0 Å². The molecule has 0 fully saturated rings. The first-order valence-corrected chi connectivity index (χ1v) is 9.54. The maximum atomic E-state index is 12.5. The highest BCUT2D eigenvalue weighted by molar-refractivity contribution is 7.98. The SMILES string of the molecule is O=C(CCc1ccccc1)Nc1c2c(nn1-c1ccccc1)CSC2. The molecule has 0 radical (unpaired) electrons. The van der Waals surface area contributed by atoms with Crippen LogP contribution in [0.15, 0.2) is 60.7 Å². The van der Waals surface area contributed by atoms with E-state index in [4.69, 9.17) is 5.10 Å². The number of nitrogens with zero attached hydrogens (tertiary/aromatic N) is 2. The van der Waals surface area contributed by atoms with E-state index in [9.17, 15) is 4.79 Å². The molecule has 0 saturated carbocycles. The number of carbonyl (C=O) groups is 1. The number of aryl methyl sites for hydroxylation is 1. The molecule has 0 atom stereocenters. The van der Waals surface area contributed by atoms with Gasteiger partial charge in [0.15, 0.2) is 0 Å². The number of para-hydroxylation sites is 1. The number of anilines is 1. The second kappa shape index (κ2) is 7.15. The standard InChI is InChI=1S/C20H19N3OS/c24-19(12-11-15-7-3-1-4-8-15)21-20-17-13-25-14-18(17)22-23(20)16-9-5-2-6-10-16/h1-10H,11-14H2,(H,21,24).